The quantitative estimate of drug-likeness (QED) is 0.387. The summed E-state index contributed by atoms with van der Waals surface area (Å²) >= 11 is 14.7. The van der Waals surface area contributed by atoms with Crippen LogP contribution < -0.4 is 4.74 Å². The van der Waals surface area contributed by atoms with Gasteiger partial charge in [0.05, 0.1) is 15.6 Å². The number of nitrogens with zero attached hydrogens (tertiary/aromatic N) is 3. The molecule has 5 nitrogen and oxygen atoms in total. The lowest BCUT2D eigenvalue weighted by atomic mass is 10.1. The average Bonchev–Trinajstić information content (AvgIpc) is 2.99. The molecule has 4 rings (SSSR count). The van der Waals surface area contributed by atoms with Gasteiger partial charge < -0.3 is 9.47 Å². The smallest absolute Gasteiger partial charge is 0.150 e. The average molecular weight is 518 g/mol. The molecule has 2 aromatic heterocycles. The van der Waals surface area contributed by atoms with Crippen molar-refractivity contribution in [3.05, 3.63) is 49.9 Å². The Morgan fingerprint density at radius 1 is 1.26 bits per heavy atom. The molecule has 0 aliphatic carbocycles. The monoisotopic (exact) mass is 517 g/mol. The molecule has 0 radical (unpaired) electrons. The molecule has 8 heteroatoms. The molecule has 0 saturated carbocycles. The van der Waals surface area contributed by atoms with E-state index in [-0.39, 0.29) is 12.3 Å². The van der Waals surface area contributed by atoms with Gasteiger partial charge in [-0.2, -0.15) is 5.10 Å². The molecule has 0 spiro atoms. The van der Waals surface area contributed by atoms with Crippen LogP contribution >= 0.6 is 45.8 Å². The van der Waals surface area contributed by atoms with Crippen LogP contribution in [0.15, 0.2) is 30.6 Å². The highest BCUT2D eigenvalue weighted by molar-refractivity contribution is 14.1. The summed E-state index contributed by atoms with van der Waals surface area (Å²) in [6.07, 6.45) is 6.11. The van der Waals surface area contributed by atoms with Crippen molar-refractivity contribution >= 4 is 56.7 Å². The molecule has 3 heterocycles. The molecule has 1 aliphatic rings. The summed E-state index contributed by atoms with van der Waals surface area (Å²) in [6, 6.07) is 5.97. The van der Waals surface area contributed by atoms with Crippen molar-refractivity contribution in [3.8, 4) is 5.75 Å². The van der Waals surface area contributed by atoms with Gasteiger partial charge >= 0.3 is 0 Å². The van der Waals surface area contributed by atoms with Gasteiger partial charge in [-0.15, -0.1) is 0 Å². The lowest BCUT2D eigenvalue weighted by Gasteiger charge is -2.23. The Balaban J connectivity index is 1.63. The van der Waals surface area contributed by atoms with Gasteiger partial charge in [0.25, 0.3) is 0 Å². The lowest BCUT2D eigenvalue weighted by molar-refractivity contribution is -0.0368. The van der Waals surface area contributed by atoms with Crippen molar-refractivity contribution in [2.45, 2.75) is 38.5 Å². The maximum atomic E-state index is 6.24. The molecule has 1 fully saturated rings. The maximum Gasteiger partial charge on any atom is 0.150 e. The van der Waals surface area contributed by atoms with E-state index in [2.05, 4.69) is 27.6 Å². The SMILES string of the molecule is C[C@@H](Oc1ccc2c(c1)c(I)nn2C1CCCCO1)c1c(Cl)cncc1Cl. The molecule has 3 aromatic rings. The van der Waals surface area contributed by atoms with Crippen molar-refractivity contribution in [3.63, 3.8) is 0 Å². The third-order valence-corrected chi connectivity index (χ3v) is 6.07. The summed E-state index contributed by atoms with van der Waals surface area (Å²) in [5.41, 5.74) is 1.78. The minimum absolute atomic E-state index is 0.00453. The zero-order valence-electron chi connectivity index (χ0n) is 14.7. The molecule has 1 saturated heterocycles. The number of fused-ring (bicyclic) bond motifs is 1. The van der Waals surface area contributed by atoms with E-state index in [1.807, 2.05) is 29.8 Å². The van der Waals surface area contributed by atoms with E-state index >= 15 is 0 Å². The summed E-state index contributed by atoms with van der Waals surface area (Å²) < 4.78 is 14.9. The van der Waals surface area contributed by atoms with E-state index in [1.165, 1.54) is 0 Å². The highest BCUT2D eigenvalue weighted by atomic mass is 127. The van der Waals surface area contributed by atoms with Crippen molar-refractivity contribution in [1.82, 2.24) is 14.8 Å². The first kappa shape index (κ1) is 19.2. The Hall–Kier alpha value is -1.09. The van der Waals surface area contributed by atoms with Crippen molar-refractivity contribution < 1.29 is 9.47 Å². The van der Waals surface area contributed by atoms with Crippen molar-refractivity contribution in [2.75, 3.05) is 6.61 Å². The fourth-order valence-corrected chi connectivity index (χ4v) is 4.70. The molecule has 1 aromatic carbocycles. The van der Waals surface area contributed by atoms with E-state index in [4.69, 9.17) is 37.8 Å². The molecule has 1 unspecified atom stereocenters. The van der Waals surface area contributed by atoms with Crippen LogP contribution in [0.5, 0.6) is 5.75 Å². The van der Waals surface area contributed by atoms with Gasteiger partial charge in [-0.05, 0) is 67.0 Å². The topological polar surface area (TPSA) is 49.2 Å². The third kappa shape index (κ3) is 3.90. The summed E-state index contributed by atoms with van der Waals surface area (Å²) in [5.74, 6) is 0.737. The standard InChI is InChI=1S/C19H18Cl2IN3O2/c1-11(18-14(20)9-23-10-15(18)21)27-12-5-6-16-13(8-12)19(22)24-25(16)17-4-2-3-7-26-17/h5-6,8-11,17H,2-4,7H2,1H3/t11-,17?/m1/s1. The number of aromatic nitrogens is 3. The zero-order valence-corrected chi connectivity index (χ0v) is 18.3. The van der Waals surface area contributed by atoms with Gasteiger partial charge in [0.1, 0.15) is 15.6 Å². The number of halogens is 3. The summed E-state index contributed by atoms with van der Waals surface area (Å²) in [7, 11) is 0. The summed E-state index contributed by atoms with van der Waals surface area (Å²) in [6.45, 7) is 2.70. The summed E-state index contributed by atoms with van der Waals surface area (Å²) in [5, 5.41) is 6.72. The van der Waals surface area contributed by atoms with Crippen LogP contribution in [-0.4, -0.2) is 21.4 Å². The maximum absolute atomic E-state index is 6.24. The minimum atomic E-state index is -0.306. The van der Waals surface area contributed by atoms with E-state index in [1.54, 1.807) is 12.4 Å². The van der Waals surface area contributed by atoms with Gasteiger partial charge in [-0.1, -0.05) is 23.2 Å². The van der Waals surface area contributed by atoms with E-state index in [9.17, 15) is 0 Å². The van der Waals surface area contributed by atoms with E-state index in [0.29, 0.717) is 10.0 Å². The molecule has 0 bridgehead atoms. The van der Waals surface area contributed by atoms with Crippen LogP contribution in [0.2, 0.25) is 10.0 Å². The van der Waals surface area contributed by atoms with Gasteiger partial charge in [0.2, 0.25) is 0 Å². The van der Waals surface area contributed by atoms with Crippen LogP contribution in [0.25, 0.3) is 10.9 Å². The Bertz CT molecular complexity index is 953. The third-order valence-electron chi connectivity index (χ3n) is 4.67. The number of hydrogen-bond acceptors (Lipinski definition) is 4. The van der Waals surface area contributed by atoms with Gasteiger partial charge in [-0.25, -0.2) is 4.68 Å². The van der Waals surface area contributed by atoms with Crippen LogP contribution in [0.3, 0.4) is 0 Å². The second kappa shape index (κ2) is 8.11. The highest BCUT2D eigenvalue weighted by Gasteiger charge is 2.21. The van der Waals surface area contributed by atoms with E-state index < -0.39 is 0 Å². The highest BCUT2D eigenvalue weighted by Crippen LogP contribution is 2.35. The largest absolute Gasteiger partial charge is 0.486 e. The zero-order chi connectivity index (χ0) is 19.0. The molecule has 142 valence electrons. The van der Waals surface area contributed by atoms with Crippen molar-refractivity contribution in [1.29, 1.82) is 0 Å². The van der Waals surface area contributed by atoms with Gasteiger partial charge in [0, 0.05) is 30.0 Å². The van der Waals surface area contributed by atoms with Crippen molar-refractivity contribution in [2.24, 2.45) is 0 Å². The first-order chi connectivity index (χ1) is 13.0. The normalized spacial score (nSPS) is 18.6. The second-order valence-corrected chi connectivity index (χ2v) is 8.35. The van der Waals surface area contributed by atoms with Gasteiger partial charge in [0.15, 0.2) is 6.23 Å². The number of hydrogen-bond donors (Lipinski definition) is 0. The predicted molar refractivity (Wildman–Crippen MR) is 115 cm³/mol. The Morgan fingerprint density at radius 2 is 2.04 bits per heavy atom. The van der Waals surface area contributed by atoms with E-state index in [0.717, 1.165) is 51.8 Å². The molecule has 2 atom stereocenters. The number of rotatable bonds is 4. The second-order valence-electron chi connectivity index (χ2n) is 6.51. The Kier molecular flexibility index (Phi) is 5.78. The molecule has 0 amide bonds. The Labute approximate surface area is 181 Å². The fraction of sp³-hybridized carbons (Fsp3) is 0.368. The molecular weight excluding hydrogens is 500 g/mol. The molecule has 1 aliphatic heterocycles. The Morgan fingerprint density at radius 3 is 2.74 bits per heavy atom. The molecule has 27 heavy (non-hydrogen) atoms. The molecular formula is C19H18Cl2IN3O2. The first-order valence-electron chi connectivity index (χ1n) is 8.79. The van der Waals surface area contributed by atoms with Crippen LogP contribution in [0.1, 0.15) is 44.1 Å². The van der Waals surface area contributed by atoms with Gasteiger partial charge in [-0.3, -0.25) is 4.98 Å². The fourth-order valence-electron chi connectivity index (χ4n) is 3.36. The van der Waals surface area contributed by atoms with Crippen LogP contribution in [-0.2, 0) is 4.74 Å². The van der Waals surface area contributed by atoms with Crippen LogP contribution in [0.4, 0.5) is 0 Å². The number of ether oxygens (including phenoxy) is 2. The minimum Gasteiger partial charge on any atom is -0.486 e. The molecule has 0 N–H and O–H groups in total. The summed E-state index contributed by atoms with van der Waals surface area (Å²) in [4.78, 5) is 3.99. The lowest BCUT2D eigenvalue weighted by Crippen LogP contribution is -2.19. The predicted octanol–water partition coefficient (Wildman–Crippen LogP) is 6.18. The number of pyridine rings is 1. The van der Waals surface area contributed by atoms with Crippen LogP contribution in [0, 0.1) is 3.70 Å². The number of benzene rings is 1. The first-order valence-corrected chi connectivity index (χ1v) is 10.6.